The zero-order chi connectivity index (χ0) is 22.9. The summed E-state index contributed by atoms with van der Waals surface area (Å²) in [6.07, 6.45) is -4.44. The Bertz CT molecular complexity index is 981. The summed E-state index contributed by atoms with van der Waals surface area (Å²) in [6.45, 7) is -1.00. The van der Waals surface area contributed by atoms with Gasteiger partial charge in [0.1, 0.15) is 24.1 Å². The molecule has 0 saturated carbocycles. The van der Waals surface area contributed by atoms with E-state index in [2.05, 4.69) is 18.1 Å². The zero-order valence-electron chi connectivity index (χ0n) is 18.7. The molecule has 17 nitrogen and oxygen atoms in total. The first kappa shape index (κ1) is 39.9. The number of rotatable bonds is 9. The third-order valence-electron chi connectivity index (χ3n) is 3.50. The molecule has 1 aromatic rings. The van der Waals surface area contributed by atoms with Crippen molar-refractivity contribution in [3.8, 4) is 0 Å². The SMILES string of the molecule is CO[C@H]1[C@@H](O)[C@H](n2ccc(N)nc2=O)O[C@@H]1COP(=O)([O-])OP(=O)([O-])OP(=O)([O-])[O-].[Li+].[Li+].[Li+].[Li+]. The van der Waals surface area contributed by atoms with Crippen LogP contribution in [0.1, 0.15) is 6.23 Å². The average molecular weight is 521 g/mol. The molecule has 2 heterocycles. The van der Waals surface area contributed by atoms with Gasteiger partial charge in [0.05, 0.1) is 14.4 Å². The van der Waals surface area contributed by atoms with Crippen molar-refractivity contribution < 1.29 is 136 Å². The predicted molar refractivity (Wildman–Crippen MR) is 84.6 cm³/mol. The van der Waals surface area contributed by atoms with Crippen LogP contribution in [0.2, 0.25) is 0 Å². The molecule has 24 heteroatoms. The molecular weight excluding hydrogens is 507 g/mol. The van der Waals surface area contributed by atoms with Gasteiger partial charge in [0.15, 0.2) is 6.23 Å². The molecular formula is C10H14Li4N3O14P3. The van der Waals surface area contributed by atoms with E-state index in [0.29, 0.717) is 0 Å². The second-order valence-electron chi connectivity index (χ2n) is 5.60. The van der Waals surface area contributed by atoms with Gasteiger partial charge in [0, 0.05) is 13.3 Å². The number of aliphatic hydroxyl groups is 1. The number of hydrogen-bond acceptors (Lipinski definition) is 16. The molecule has 1 aromatic heterocycles. The van der Waals surface area contributed by atoms with Gasteiger partial charge in [0.25, 0.3) is 15.6 Å². The monoisotopic (exact) mass is 521 g/mol. The minimum Gasteiger partial charge on any atom is -0.790 e. The number of ether oxygens (including phenoxy) is 2. The van der Waals surface area contributed by atoms with Crippen LogP contribution in [-0.2, 0) is 36.3 Å². The Morgan fingerprint density at radius 3 is 2.15 bits per heavy atom. The standard InChI is InChI=1S/C10H18N3O14P3.4Li/c1-23-8-5(4-24-29(19,20)27-30(21,22)26-28(16,17)18)25-9(7(8)14)13-3-2-6(11)12-10(13)15;;;;/h2-3,5,7-9,14H,4H2,1H3,(H,19,20)(H,21,22)(H2,11,12,15)(H2,16,17,18);;;;/q;4*+1/p-4/t5-,7-,8-,9-;;;;/m1..../s1. The molecule has 6 atom stereocenters. The van der Waals surface area contributed by atoms with Crippen molar-refractivity contribution in [2.45, 2.75) is 24.5 Å². The van der Waals surface area contributed by atoms with E-state index in [-0.39, 0.29) is 81.3 Å². The van der Waals surface area contributed by atoms with Gasteiger partial charge in [-0.2, -0.15) is 4.98 Å². The summed E-state index contributed by atoms with van der Waals surface area (Å²) < 4.78 is 54.9. The number of aliphatic hydroxyl groups excluding tert-OH is 1. The Labute approximate surface area is 240 Å². The van der Waals surface area contributed by atoms with Crippen molar-refractivity contribution in [3.05, 3.63) is 22.7 Å². The van der Waals surface area contributed by atoms with Crippen molar-refractivity contribution >= 4 is 29.3 Å². The maximum absolute atomic E-state index is 11.9. The van der Waals surface area contributed by atoms with Crippen LogP contribution in [0.3, 0.4) is 0 Å². The van der Waals surface area contributed by atoms with Crippen molar-refractivity contribution in [2.24, 2.45) is 0 Å². The fourth-order valence-electron chi connectivity index (χ4n) is 2.44. The summed E-state index contributed by atoms with van der Waals surface area (Å²) in [5, 5.41) is 10.3. The van der Waals surface area contributed by atoms with Crippen LogP contribution in [-0.4, -0.2) is 46.7 Å². The minimum absolute atomic E-state index is 0. The van der Waals surface area contributed by atoms with E-state index in [4.69, 9.17) is 15.2 Å². The first-order chi connectivity index (χ1) is 13.6. The fourth-order valence-corrected chi connectivity index (χ4v) is 5.31. The van der Waals surface area contributed by atoms with E-state index in [1.807, 2.05) is 0 Å². The Balaban J connectivity index is -0.00000240. The molecule has 2 unspecified atom stereocenters. The number of methoxy groups -OCH3 is 1. The molecule has 0 aromatic carbocycles. The fraction of sp³-hybridized carbons (Fsp3) is 0.600. The molecule has 1 aliphatic heterocycles. The molecule has 172 valence electrons. The third kappa shape index (κ3) is 11.8. The molecule has 2 rings (SSSR count). The minimum atomic E-state index is -6.13. The van der Waals surface area contributed by atoms with Gasteiger partial charge in [-0.05, 0) is 6.07 Å². The van der Waals surface area contributed by atoms with Crippen LogP contribution < -0.4 is 106 Å². The Morgan fingerprint density at radius 2 is 1.68 bits per heavy atom. The molecule has 0 radical (unpaired) electrons. The molecule has 34 heavy (non-hydrogen) atoms. The molecule has 3 N–H and O–H groups in total. The maximum atomic E-state index is 11.9. The van der Waals surface area contributed by atoms with E-state index in [9.17, 15) is 43.2 Å². The number of anilines is 1. The average Bonchev–Trinajstić information content (AvgIpc) is 2.85. The molecule has 1 fully saturated rings. The van der Waals surface area contributed by atoms with E-state index in [0.717, 1.165) is 17.9 Å². The van der Waals surface area contributed by atoms with Gasteiger partial charge in [-0.25, -0.2) is 9.11 Å². The largest absolute Gasteiger partial charge is 1.00 e. The van der Waals surface area contributed by atoms with Crippen LogP contribution >= 0.6 is 23.5 Å². The number of nitrogens with two attached hydrogens (primary N) is 1. The zero-order valence-corrected chi connectivity index (χ0v) is 21.4. The van der Waals surface area contributed by atoms with Crippen molar-refractivity contribution in [2.75, 3.05) is 19.5 Å². The van der Waals surface area contributed by atoms with Crippen LogP contribution in [0.25, 0.3) is 0 Å². The van der Waals surface area contributed by atoms with Crippen molar-refractivity contribution in [3.63, 3.8) is 0 Å². The van der Waals surface area contributed by atoms with Crippen LogP contribution in [0.15, 0.2) is 17.1 Å². The summed E-state index contributed by atoms with van der Waals surface area (Å²) >= 11 is 0. The normalized spacial score (nSPS) is 25.4. The van der Waals surface area contributed by atoms with Crippen LogP contribution in [0.5, 0.6) is 0 Å². The van der Waals surface area contributed by atoms with Crippen LogP contribution in [0.4, 0.5) is 5.82 Å². The number of nitrogen functional groups attached to an aromatic ring is 1. The van der Waals surface area contributed by atoms with E-state index >= 15 is 0 Å². The van der Waals surface area contributed by atoms with Gasteiger partial charge < -0.3 is 49.0 Å². The van der Waals surface area contributed by atoms with E-state index in [1.165, 1.54) is 6.07 Å². The molecule has 1 saturated heterocycles. The Hall–Kier alpha value is 1.36. The van der Waals surface area contributed by atoms with Gasteiger partial charge in [-0.3, -0.25) is 18.0 Å². The number of phosphoric acid groups is 3. The topological polar surface area (TPSA) is 271 Å². The first-order valence-electron chi connectivity index (χ1n) is 7.56. The summed E-state index contributed by atoms with van der Waals surface area (Å²) in [7, 11) is -16.9. The van der Waals surface area contributed by atoms with Crippen molar-refractivity contribution in [1.29, 1.82) is 0 Å². The summed E-state index contributed by atoms with van der Waals surface area (Å²) in [5.74, 6) is -0.110. The Morgan fingerprint density at radius 1 is 1.12 bits per heavy atom. The van der Waals surface area contributed by atoms with Gasteiger partial charge in [-0.15, -0.1) is 0 Å². The summed E-state index contributed by atoms with van der Waals surface area (Å²) in [6, 6.07) is 1.22. The van der Waals surface area contributed by atoms with Gasteiger partial charge >= 0.3 is 81.1 Å². The molecule has 0 bridgehead atoms. The smallest absolute Gasteiger partial charge is 0.790 e. The number of nitrogens with zero attached hydrogens (tertiary/aromatic N) is 2. The molecule has 0 spiro atoms. The molecule has 0 aliphatic carbocycles. The second-order valence-corrected chi connectivity index (χ2v) is 9.85. The molecule has 0 amide bonds. The summed E-state index contributed by atoms with van der Waals surface area (Å²) in [4.78, 5) is 58.7. The predicted octanol–water partition coefficient (Wildman–Crippen LogP) is -16.1. The first-order valence-corrected chi connectivity index (χ1v) is 11.9. The van der Waals surface area contributed by atoms with Crippen molar-refractivity contribution in [1.82, 2.24) is 9.55 Å². The van der Waals surface area contributed by atoms with E-state index < -0.39 is 60.3 Å². The number of phosphoric ester groups is 1. The van der Waals surface area contributed by atoms with Gasteiger partial charge in [-0.1, -0.05) is 0 Å². The number of hydrogen-bond donors (Lipinski definition) is 2. The molecule has 1 aliphatic rings. The van der Waals surface area contributed by atoms with E-state index in [1.54, 1.807) is 0 Å². The third-order valence-corrected chi connectivity index (χ3v) is 7.17. The maximum Gasteiger partial charge on any atom is 1.00 e. The quantitative estimate of drug-likeness (QED) is 0.226. The Kier molecular flexibility index (Phi) is 18.4. The second kappa shape index (κ2) is 15.7. The number of aromatic nitrogens is 2. The van der Waals surface area contributed by atoms with Crippen LogP contribution in [0, 0.1) is 0 Å². The van der Waals surface area contributed by atoms with Gasteiger partial charge in [0.2, 0.25) is 0 Å². The summed E-state index contributed by atoms with van der Waals surface area (Å²) in [5.41, 5.74) is 4.45.